The Morgan fingerprint density at radius 1 is 1.53 bits per heavy atom. The first kappa shape index (κ1) is 13.1. The summed E-state index contributed by atoms with van der Waals surface area (Å²) in [4.78, 5) is 25.7. The molecule has 0 fully saturated rings. The SMILES string of the molecule is CC(C)(CNC(=O)c1cccnc1F)C(=O)O. The van der Waals surface area contributed by atoms with E-state index in [1.165, 1.54) is 32.2 Å². The third-order valence-corrected chi connectivity index (χ3v) is 2.27. The molecular formula is C11H13FN2O3. The molecule has 1 aromatic heterocycles. The van der Waals surface area contributed by atoms with E-state index in [9.17, 15) is 14.0 Å². The van der Waals surface area contributed by atoms with Crippen LogP contribution in [-0.2, 0) is 4.79 Å². The van der Waals surface area contributed by atoms with Crippen LogP contribution in [0.1, 0.15) is 24.2 Å². The van der Waals surface area contributed by atoms with Crippen LogP contribution in [-0.4, -0.2) is 28.5 Å². The van der Waals surface area contributed by atoms with Gasteiger partial charge in [0.2, 0.25) is 5.95 Å². The van der Waals surface area contributed by atoms with Crippen molar-refractivity contribution in [3.05, 3.63) is 29.8 Å². The zero-order valence-electron chi connectivity index (χ0n) is 9.53. The summed E-state index contributed by atoms with van der Waals surface area (Å²) < 4.78 is 13.1. The maximum Gasteiger partial charge on any atom is 0.310 e. The summed E-state index contributed by atoms with van der Waals surface area (Å²) in [7, 11) is 0. The number of nitrogens with zero attached hydrogens (tertiary/aromatic N) is 1. The van der Waals surface area contributed by atoms with Crippen molar-refractivity contribution in [1.82, 2.24) is 10.3 Å². The number of pyridine rings is 1. The molecule has 0 saturated carbocycles. The molecule has 0 radical (unpaired) electrons. The summed E-state index contributed by atoms with van der Waals surface area (Å²) in [5.74, 6) is -2.59. The van der Waals surface area contributed by atoms with Gasteiger partial charge in [-0.1, -0.05) is 0 Å². The Bertz CT molecular complexity index is 446. The molecule has 0 aliphatic rings. The highest BCUT2D eigenvalue weighted by Crippen LogP contribution is 2.13. The van der Waals surface area contributed by atoms with Crippen LogP contribution in [0.3, 0.4) is 0 Å². The molecule has 0 saturated heterocycles. The first-order chi connectivity index (χ1) is 7.84. The largest absolute Gasteiger partial charge is 0.481 e. The second-order valence-electron chi connectivity index (χ2n) is 4.21. The molecule has 1 heterocycles. The topological polar surface area (TPSA) is 79.3 Å². The van der Waals surface area contributed by atoms with Crippen LogP contribution in [0, 0.1) is 11.4 Å². The third-order valence-electron chi connectivity index (χ3n) is 2.27. The number of aromatic nitrogens is 1. The van der Waals surface area contributed by atoms with Gasteiger partial charge in [0.05, 0.1) is 11.0 Å². The number of carboxylic acid groups (broad SMARTS) is 1. The first-order valence-corrected chi connectivity index (χ1v) is 4.97. The van der Waals surface area contributed by atoms with Gasteiger partial charge in [0.15, 0.2) is 0 Å². The summed E-state index contributed by atoms with van der Waals surface area (Å²) in [6, 6.07) is 2.71. The molecule has 0 atom stereocenters. The van der Waals surface area contributed by atoms with Crippen LogP contribution in [0.2, 0.25) is 0 Å². The minimum Gasteiger partial charge on any atom is -0.481 e. The van der Waals surface area contributed by atoms with Gasteiger partial charge in [0, 0.05) is 12.7 Å². The van der Waals surface area contributed by atoms with Gasteiger partial charge >= 0.3 is 5.97 Å². The Kier molecular flexibility index (Phi) is 3.77. The first-order valence-electron chi connectivity index (χ1n) is 4.97. The van der Waals surface area contributed by atoms with E-state index in [0.717, 1.165) is 0 Å². The zero-order chi connectivity index (χ0) is 13.1. The fourth-order valence-electron chi connectivity index (χ4n) is 1.03. The number of halogens is 1. The van der Waals surface area contributed by atoms with Gasteiger partial charge < -0.3 is 10.4 Å². The predicted molar refractivity (Wildman–Crippen MR) is 57.9 cm³/mol. The molecule has 2 N–H and O–H groups in total. The van der Waals surface area contributed by atoms with Gasteiger partial charge in [0.1, 0.15) is 0 Å². The molecular weight excluding hydrogens is 227 g/mol. The highest BCUT2D eigenvalue weighted by atomic mass is 19.1. The van der Waals surface area contributed by atoms with E-state index in [-0.39, 0.29) is 12.1 Å². The summed E-state index contributed by atoms with van der Waals surface area (Å²) in [5.41, 5.74) is -1.30. The molecule has 1 aromatic rings. The Hall–Kier alpha value is -1.98. The molecule has 1 rings (SSSR count). The molecule has 0 unspecified atom stereocenters. The molecule has 6 heteroatoms. The molecule has 92 valence electrons. The van der Waals surface area contributed by atoms with E-state index in [4.69, 9.17) is 5.11 Å². The van der Waals surface area contributed by atoms with Crippen LogP contribution in [0.5, 0.6) is 0 Å². The zero-order valence-corrected chi connectivity index (χ0v) is 9.53. The Morgan fingerprint density at radius 3 is 2.71 bits per heavy atom. The van der Waals surface area contributed by atoms with Crippen molar-refractivity contribution in [3.63, 3.8) is 0 Å². The molecule has 0 bridgehead atoms. The molecule has 17 heavy (non-hydrogen) atoms. The number of rotatable bonds is 4. The van der Waals surface area contributed by atoms with E-state index in [1.54, 1.807) is 0 Å². The molecule has 0 aliphatic carbocycles. The summed E-state index contributed by atoms with van der Waals surface area (Å²) in [5, 5.41) is 11.2. The predicted octanol–water partition coefficient (Wildman–Crippen LogP) is 1.06. The second-order valence-corrected chi connectivity index (χ2v) is 4.21. The Balaban J connectivity index is 2.69. The summed E-state index contributed by atoms with van der Waals surface area (Å²) in [6.45, 7) is 2.85. The number of carbonyl (C=O) groups excluding carboxylic acids is 1. The summed E-state index contributed by atoms with van der Waals surface area (Å²) in [6.07, 6.45) is 1.23. The molecule has 1 amide bonds. The van der Waals surface area contributed by atoms with Crippen LogP contribution in [0.25, 0.3) is 0 Å². The summed E-state index contributed by atoms with van der Waals surface area (Å²) >= 11 is 0. The smallest absolute Gasteiger partial charge is 0.310 e. The van der Waals surface area contributed by atoms with Crippen molar-refractivity contribution in [2.24, 2.45) is 5.41 Å². The van der Waals surface area contributed by atoms with E-state index >= 15 is 0 Å². The second kappa shape index (κ2) is 4.90. The van der Waals surface area contributed by atoms with Crippen LogP contribution in [0.4, 0.5) is 4.39 Å². The number of carbonyl (C=O) groups is 2. The van der Waals surface area contributed by atoms with Crippen molar-refractivity contribution in [3.8, 4) is 0 Å². The maximum atomic E-state index is 13.1. The standard InChI is InChI=1S/C11H13FN2O3/c1-11(2,10(16)17)6-14-9(15)7-4-3-5-13-8(7)12/h3-5H,6H2,1-2H3,(H,14,15)(H,16,17). The Morgan fingerprint density at radius 2 is 2.18 bits per heavy atom. The lowest BCUT2D eigenvalue weighted by Gasteiger charge is -2.19. The number of hydrogen-bond donors (Lipinski definition) is 2. The van der Waals surface area contributed by atoms with Crippen molar-refractivity contribution in [2.45, 2.75) is 13.8 Å². The molecule has 0 aliphatic heterocycles. The van der Waals surface area contributed by atoms with E-state index < -0.39 is 23.2 Å². The van der Waals surface area contributed by atoms with Crippen LogP contribution in [0.15, 0.2) is 18.3 Å². The maximum absolute atomic E-state index is 13.1. The third kappa shape index (κ3) is 3.24. The minimum absolute atomic E-state index is 0.0878. The quantitative estimate of drug-likeness (QED) is 0.771. The van der Waals surface area contributed by atoms with Gasteiger partial charge in [-0.2, -0.15) is 4.39 Å². The minimum atomic E-state index is -1.10. The van der Waals surface area contributed by atoms with E-state index in [1.807, 2.05) is 0 Å². The highest BCUT2D eigenvalue weighted by Gasteiger charge is 2.28. The van der Waals surface area contributed by atoms with E-state index in [2.05, 4.69) is 10.3 Å². The lowest BCUT2D eigenvalue weighted by Crippen LogP contribution is -2.39. The number of amides is 1. The Labute approximate surface area is 97.7 Å². The van der Waals surface area contributed by atoms with Crippen molar-refractivity contribution in [2.75, 3.05) is 6.54 Å². The number of hydrogen-bond acceptors (Lipinski definition) is 3. The van der Waals surface area contributed by atoms with Crippen LogP contribution >= 0.6 is 0 Å². The van der Waals surface area contributed by atoms with Gasteiger partial charge in [0.25, 0.3) is 5.91 Å². The molecule has 0 spiro atoms. The lowest BCUT2D eigenvalue weighted by molar-refractivity contribution is -0.146. The van der Waals surface area contributed by atoms with Gasteiger partial charge in [-0.3, -0.25) is 9.59 Å². The van der Waals surface area contributed by atoms with Crippen LogP contribution < -0.4 is 5.32 Å². The number of nitrogens with one attached hydrogen (secondary N) is 1. The average molecular weight is 240 g/mol. The van der Waals surface area contributed by atoms with Gasteiger partial charge in [-0.05, 0) is 26.0 Å². The normalized spacial score (nSPS) is 11.0. The molecule has 0 aromatic carbocycles. The fraction of sp³-hybridized carbons (Fsp3) is 0.364. The molecule has 5 nitrogen and oxygen atoms in total. The van der Waals surface area contributed by atoms with E-state index in [0.29, 0.717) is 0 Å². The van der Waals surface area contributed by atoms with Gasteiger partial charge in [-0.15, -0.1) is 0 Å². The highest BCUT2D eigenvalue weighted by molar-refractivity contribution is 5.94. The lowest BCUT2D eigenvalue weighted by atomic mass is 9.94. The number of aliphatic carboxylic acids is 1. The fourth-order valence-corrected chi connectivity index (χ4v) is 1.03. The monoisotopic (exact) mass is 240 g/mol. The number of carboxylic acids is 1. The van der Waals surface area contributed by atoms with Crippen molar-refractivity contribution >= 4 is 11.9 Å². The van der Waals surface area contributed by atoms with Gasteiger partial charge in [-0.25, -0.2) is 4.98 Å². The average Bonchev–Trinajstić information content (AvgIpc) is 2.26. The van der Waals surface area contributed by atoms with Crippen molar-refractivity contribution < 1.29 is 19.1 Å². The van der Waals surface area contributed by atoms with Crippen molar-refractivity contribution in [1.29, 1.82) is 0 Å².